The third-order valence-corrected chi connectivity index (χ3v) is 4.72. The molecule has 30 heavy (non-hydrogen) atoms. The van der Waals surface area contributed by atoms with Crippen molar-refractivity contribution in [3.63, 3.8) is 0 Å². The summed E-state index contributed by atoms with van der Waals surface area (Å²) >= 11 is 0. The minimum absolute atomic E-state index is 0.109. The van der Waals surface area contributed by atoms with Gasteiger partial charge in [-0.25, -0.2) is 0 Å². The molecule has 0 saturated carbocycles. The number of aliphatic carboxylic acids is 1. The van der Waals surface area contributed by atoms with Crippen molar-refractivity contribution in [3.8, 4) is 0 Å². The SMILES string of the molecule is C/C=C\C=C/N(C=O)CC(=O)N(C(C)C)C(CC(=O)O)c1cccc(C(C)(C)C)c1. The van der Waals surface area contributed by atoms with Gasteiger partial charge in [-0.15, -0.1) is 0 Å². The van der Waals surface area contributed by atoms with E-state index in [9.17, 15) is 19.5 Å². The van der Waals surface area contributed by atoms with Crippen molar-refractivity contribution >= 4 is 18.3 Å². The highest BCUT2D eigenvalue weighted by Gasteiger charge is 2.30. The molecule has 0 bridgehead atoms. The van der Waals surface area contributed by atoms with Gasteiger partial charge in [-0.2, -0.15) is 0 Å². The van der Waals surface area contributed by atoms with Crippen LogP contribution in [-0.4, -0.2) is 45.8 Å². The number of carboxylic acids is 1. The summed E-state index contributed by atoms with van der Waals surface area (Å²) in [6.45, 7) is 11.6. The van der Waals surface area contributed by atoms with E-state index in [4.69, 9.17) is 0 Å². The van der Waals surface area contributed by atoms with Gasteiger partial charge < -0.3 is 14.9 Å². The molecule has 0 spiro atoms. The Morgan fingerprint density at radius 1 is 1.17 bits per heavy atom. The number of hydrogen-bond donors (Lipinski definition) is 1. The molecule has 6 heteroatoms. The van der Waals surface area contributed by atoms with Crippen molar-refractivity contribution in [1.29, 1.82) is 0 Å². The second-order valence-electron chi connectivity index (χ2n) is 8.53. The average molecular weight is 415 g/mol. The molecule has 1 unspecified atom stereocenters. The van der Waals surface area contributed by atoms with Crippen molar-refractivity contribution in [3.05, 3.63) is 59.8 Å². The number of amides is 2. The maximum absolute atomic E-state index is 13.1. The minimum atomic E-state index is -0.986. The van der Waals surface area contributed by atoms with E-state index in [-0.39, 0.29) is 30.3 Å². The van der Waals surface area contributed by atoms with Crippen LogP contribution in [0.4, 0.5) is 0 Å². The van der Waals surface area contributed by atoms with Gasteiger partial charge in [-0.1, -0.05) is 57.2 Å². The van der Waals surface area contributed by atoms with Crippen LogP contribution in [0.5, 0.6) is 0 Å². The van der Waals surface area contributed by atoms with Gasteiger partial charge in [0.1, 0.15) is 6.54 Å². The zero-order valence-electron chi connectivity index (χ0n) is 18.8. The maximum Gasteiger partial charge on any atom is 0.305 e. The van der Waals surface area contributed by atoms with E-state index in [1.165, 1.54) is 11.1 Å². The van der Waals surface area contributed by atoms with Crippen LogP contribution in [-0.2, 0) is 19.8 Å². The summed E-state index contributed by atoms with van der Waals surface area (Å²) in [5.41, 5.74) is 1.73. The number of benzene rings is 1. The molecular formula is C24H34N2O4. The van der Waals surface area contributed by atoms with Crippen LogP contribution in [0.15, 0.2) is 48.7 Å². The van der Waals surface area contributed by atoms with Crippen LogP contribution in [0.1, 0.15) is 65.1 Å². The van der Waals surface area contributed by atoms with Crippen LogP contribution in [0.25, 0.3) is 0 Å². The molecule has 1 aromatic rings. The molecular weight excluding hydrogens is 380 g/mol. The normalized spacial score (nSPS) is 13.0. The fourth-order valence-electron chi connectivity index (χ4n) is 3.21. The summed E-state index contributed by atoms with van der Waals surface area (Å²) in [6.07, 6.45) is 7.13. The summed E-state index contributed by atoms with van der Waals surface area (Å²) < 4.78 is 0. The first kappa shape index (κ1) is 25.1. The molecule has 2 amide bonds. The Hall–Kier alpha value is -2.89. The largest absolute Gasteiger partial charge is 0.481 e. The first-order chi connectivity index (χ1) is 14.0. The molecule has 1 rings (SSSR count). The molecule has 0 aliphatic carbocycles. The quantitative estimate of drug-likeness (QED) is 0.458. The average Bonchev–Trinajstić information content (AvgIpc) is 2.65. The van der Waals surface area contributed by atoms with Crippen LogP contribution in [0.3, 0.4) is 0 Å². The molecule has 0 heterocycles. The van der Waals surface area contributed by atoms with E-state index in [0.717, 1.165) is 11.1 Å². The van der Waals surface area contributed by atoms with Crippen LogP contribution >= 0.6 is 0 Å². The monoisotopic (exact) mass is 414 g/mol. The van der Waals surface area contributed by atoms with E-state index in [2.05, 4.69) is 20.8 Å². The fraction of sp³-hybridized carbons (Fsp3) is 0.458. The fourth-order valence-corrected chi connectivity index (χ4v) is 3.21. The molecule has 1 aromatic carbocycles. The van der Waals surface area contributed by atoms with E-state index < -0.39 is 12.0 Å². The van der Waals surface area contributed by atoms with E-state index in [1.54, 1.807) is 17.1 Å². The molecule has 1 N–H and O–H groups in total. The zero-order valence-corrected chi connectivity index (χ0v) is 18.8. The molecule has 0 aliphatic heterocycles. The van der Waals surface area contributed by atoms with Gasteiger partial charge in [-0.3, -0.25) is 14.4 Å². The Balaban J connectivity index is 3.32. The van der Waals surface area contributed by atoms with Crippen molar-refractivity contribution in [2.75, 3.05) is 6.54 Å². The maximum atomic E-state index is 13.1. The Morgan fingerprint density at radius 2 is 1.83 bits per heavy atom. The second kappa shape index (κ2) is 11.3. The van der Waals surface area contributed by atoms with Crippen LogP contribution in [0.2, 0.25) is 0 Å². The lowest BCUT2D eigenvalue weighted by Gasteiger charge is -2.36. The first-order valence-electron chi connectivity index (χ1n) is 10.1. The Bertz CT molecular complexity index is 791. The van der Waals surface area contributed by atoms with Gasteiger partial charge in [0, 0.05) is 12.2 Å². The van der Waals surface area contributed by atoms with Gasteiger partial charge in [0.25, 0.3) is 0 Å². The number of rotatable bonds is 10. The minimum Gasteiger partial charge on any atom is -0.481 e. The summed E-state index contributed by atoms with van der Waals surface area (Å²) in [7, 11) is 0. The Labute approximate surface area is 179 Å². The highest BCUT2D eigenvalue weighted by atomic mass is 16.4. The summed E-state index contributed by atoms with van der Waals surface area (Å²) in [5, 5.41) is 9.53. The number of carbonyl (C=O) groups is 3. The number of carboxylic acid groups (broad SMARTS) is 1. The van der Waals surface area contributed by atoms with Crippen LogP contribution < -0.4 is 0 Å². The zero-order chi connectivity index (χ0) is 22.9. The lowest BCUT2D eigenvalue weighted by atomic mass is 9.85. The third-order valence-electron chi connectivity index (χ3n) is 4.72. The lowest BCUT2D eigenvalue weighted by molar-refractivity contribution is -0.143. The molecule has 164 valence electrons. The number of nitrogens with zero attached hydrogens (tertiary/aromatic N) is 2. The molecule has 0 aromatic heterocycles. The van der Waals surface area contributed by atoms with Crippen molar-refractivity contribution in [2.24, 2.45) is 0 Å². The van der Waals surface area contributed by atoms with Gasteiger partial charge >= 0.3 is 5.97 Å². The van der Waals surface area contributed by atoms with E-state index in [0.29, 0.717) is 6.41 Å². The van der Waals surface area contributed by atoms with Gasteiger partial charge in [-0.05, 0) is 43.4 Å². The third kappa shape index (κ3) is 7.50. The van der Waals surface area contributed by atoms with Crippen molar-refractivity contribution < 1.29 is 19.5 Å². The van der Waals surface area contributed by atoms with Gasteiger partial charge in [0.15, 0.2) is 0 Å². The number of hydrogen-bond acceptors (Lipinski definition) is 3. The summed E-state index contributed by atoms with van der Waals surface area (Å²) in [4.78, 5) is 39.0. The highest BCUT2D eigenvalue weighted by molar-refractivity contribution is 5.82. The molecule has 0 saturated heterocycles. The van der Waals surface area contributed by atoms with Gasteiger partial charge in [0.2, 0.25) is 12.3 Å². The molecule has 0 radical (unpaired) electrons. The molecule has 0 fully saturated rings. The van der Waals surface area contributed by atoms with E-state index in [1.807, 2.05) is 51.1 Å². The lowest BCUT2D eigenvalue weighted by Crippen LogP contribution is -2.45. The standard InChI is InChI=1S/C24H34N2O4/c1-7-8-9-13-25(17-27)16-22(28)26(18(2)3)21(15-23(29)30)19-11-10-12-20(14-19)24(4,5)6/h7-14,17-18,21H,15-16H2,1-6H3,(H,29,30)/b8-7-,13-9-. The number of allylic oxidation sites excluding steroid dienone is 3. The predicted molar refractivity (Wildman–Crippen MR) is 119 cm³/mol. The topological polar surface area (TPSA) is 77.9 Å². The van der Waals surface area contributed by atoms with E-state index >= 15 is 0 Å². The molecule has 1 atom stereocenters. The second-order valence-corrected chi connectivity index (χ2v) is 8.53. The summed E-state index contributed by atoms with van der Waals surface area (Å²) in [5.74, 6) is -1.30. The first-order valence-corrected chi connectivity index (χ1v) is 10.1. The Morgan fingerprint density at radius 3 is 2.33 bits per heavy atom. The molecule has 6 nitrogen and oxygen atoms in total. The Kier molecular flexibility index (Phi) is 9.50. The molecule has 0 aliphatic rings. The summed E-state index contributed by atoms with van der Waals surface area (Å²) in [6, 6.07) is 6.85. The van der Waals surface area contributed by atoms with Crippen molar-refractivity contribution in [2.45, 2.75) is 65.5 Å². The highest BCUT2D eigenvalue weighted by Crippen LogP contribution is 2.31. The van der Waals surface area contributed by atoms with Crippen molar-refractivity contribution in [1.82, 2.24) is 9.80 Å². The van der Waals surface area contributed by atoms with Crippen LogP contribution in [0, 0.1) is 0 Å². The predicted octanol–water partition coefficient (Wildman–Crippen LogP) is 4.29. The van der Waals surface area contributed by atoms with Gasteiger partial charge in [0.05, 0.1) is 12.5 Å². The number of carbonyl (C=O) groups excluding carboxylic acids is 2. The smallest absolute Gasteiger partial charge is 0.305 e.